The van der Waals surface area contributed by atoms with Gasteiger partial charge in [0.2, 0.25) is 0 Å². The summed E-state index contributed by atoms with van der Waals surface area (Å²) in [6.07, 6.45) is 4.75. The third-order valence-electron chi connectivity index (χ3n) is 5.21. The van der Waals surface area contributed by atoms with Gasteiger partial charge in [0.05, 0.1) is 19.3 Å². The van der Waals surface area contributed by atoms with E-state index in [-0.39, 0.29) is 5.56 Å². The molecule has 0 spiro atoms. The second-order valence-electron chi connectivity index (χ2n) is 7.33. The van der Waals surface area contributed by atoms with Gasteiger partial charge in [-0.25, -0.2) is 4.98 Å². The lowest BCUT2D eigenvalue weighted by molar-refractivity contribution is 0.325. The van der Waals surface area contributed by atoms with Crippen LogP contribution in [0.4, 0.5) is 0 Å². The number of aryl methyl sites for hydroxylation is 1. The summed E-state index contributed by atoms with van der Waals surface area (Å²) in [5.41, 5.74) is 3.20. The van der Waals surface area contributed by atoms with Crippen LogP contribution in [-0.2, 0) is 13.1 Å². The first-order valence-electron chi connectivity index (χ1n) is 9.54. The molecule has 2 aromatic heterocycles. The minimum absolute atomic E-state index is 0.0700. The molecule has 3 heterocycles. The van der Waals surface area contributed by atoms with Gasteiger partial charge in [-0.15, -0.1) is 0 Å². The molecule has 1 N–H and O–H groups in total. The van der Waals surface area contributed by atoms with E-state index in [1.54, 1.807) is 19.4 Å². The minimum atomic E-state index is -0.0700. The van der Waals surface area contributed by atoms with E-state index in [1.165, 1.54) is 5.56 Å². The van der Waals surface area contributed by atoms with Crippen molar-refractivity contribution in [2.45, 2.75) is 32.4 Å². The van der Waals surface area contributed by atoms with E-state index >= 15 is 0 Å². The van der Waals surface area contributed by atoms with Crippen molar-refractivity contribution in [1.82, 2.24) is 24.6 Å². The van der Waals surface area contributed by atoms with Crippen LogP contribution in [0.3, 0.4) is 0 Å². The van der Waals surface area contributed by atoms with Crippen LogP contribution in [0.25, 0.3) is 0 Å². The van der Waals surface area contributed by atoms with Gasteiger partial charge in [0.1, 0.15) is 11.6 Å². The Balaban J connectivity index is 1.46. The summed E-state index contributed by atoms with van der Waals surface area (Å²) in [5, 5.41) is 4.29. The molecular formula is C21H25N5O2. The summed E-state index contributed by atoms with van der Waals surface area (Å²) in [6, 6.07) is 9.91. The number of likely N-dealkylation sites (tertiary alicyclic amines) is 1. The van der Waals surface area contributed by atoms with E-state index in [9.17, 15) is 4.79 Å². The van der Waals surface area contributed by atoms with Crippen molar-refractivity contribution in [3.8, 4) is 5.75 Å². The van der Waals surface area contributed by atoms with Crippen LogP contribution in [0.5, 0.6) is 5.75 Å². The van der Waals surface area contributed by atoms with E-state index in [0.29, 0.717) is 18.3 Å². The van der Waals surface area contributed by atoms with Gasteiger partial charge >= 0.3 is 0 Å². The number of hydrogen-bond acceptors (Lipinski definition) is 5. The van der Waals surface area contributed by atoms with Gasteiger partial charge in [-0.2, -0.15) is 5.10 Å². The summed E-state index contributed by atoms with van der Waals surface area (Å²) in [5.74, 6) is 1.86. The standard InChI is InChI=1S/C21H25N5O2/c1-15-23-19(11-21(27)24-15)17-6-9-25(13-17)12-16-4-5-20(28-2)18(10-16)14-26-8-3-7-22-26/h3-5,7-8,10-11,17H,6,9,12-14H2,1-2H3,(H,23,24,27). The van der Waals surface area contributed by atoms with Crippen LogP contribution < -0.4 is 10.3 Å². The second kappa shape index (κ2) is 7.98. The minimum Gasteiger partial charge on any atom is -0.496 e. The zero-order valence-corrected chi connectivity index (χ0v) is 16.3. The highest BCUT2D eigenvalue weighted by atomic mass is 16.5. The van der Waals surface area contributed by atoms with Crippen LogP contribution in [0, 0.1) is 6.92 Å². The SMILES string of the molecule is COc1ccc(CN2CCC(c3cc(=O)[nH]c(C)n3)C2)cc1Cn1cccn1. The maximum atomic E-state index is 11.7. The van der Waals surface area contributed by atoms with Crippen molar-refractivity contribution in [1.29, 1.82) is 0 Å². The number of nitrogens with one attached hydrogen (secondary N) is 1. The third kappa shape index (κ3) is 4.14. The lowest BCUT2D eigenvalue weighted by Crippen LogP contribution is -2.21. The quantitative estimate of drug-likeness (QED) is 0.711. The fourth-order valence-corrected chi connectivity index (χ4v) is 3.91. The smallest absolute Gasteiger partial charge is 0.251 e. The molecule has 0 bridgehead atoms. The highest BCUT2D eigenvalue weighted by Gasteiger charge is 2.25. The van der Waals surface area contributed by atoms with E-state index in [0.717, 1.165) is 43.1 Å². The normalized spacial score (nSPS) is 17.1. The molecule has 0 radical (unpaired) electrons. The molecule has 1 aliphatic rings. The molecule has 28 heavy (non-hydrogen) atoms. The molecule has 1 unspecified atom stereocenters. The fraction of sp³-hybridized carbons (Fsp3) is 0.381. The Kier molecular flexibility index (Phi) is 5.25. The van der Waals surface area contributed by atoms with Gasteiger partial charge in [-0.3, -0.25) is 14.4 Å². The molecular weight excluding hydrogens is 354 g/mol. The van der Waals surface area contributed by atoms with Crippen LogP contribution in [0.1, 0.15) is 35.0 Å². The largest absolute Gasteiger partial charge is 0.496 e. The van der Waals surface area contributed by atoms with Crippen molar-refractivity contribution in [3.63, 3.8) is 0 Å². The molecule has 4 rings (SSSR count). The summed E-state index contributed by atoms with van der Waals surface area (Å²) >= 11 is 0. The molecule has 1 aromatic carbocycles. The monoisotopic (exact) mass is 379 g/mol. The van der Waals surface area contributed by atoms with Crippen molar-refractivity contribution in [2.75, 3.05) is 20.2 Å². The van der Waals surface area contributed by atoms with E-state index in [1.807, 2.05) is 29.9 Å². The second-order valence-corrected chi connectivity index (χ2v) is 7.33. The van der Waals surface area contributed by atoms with E-state index < -0.39 is 0 Å². The number of aromatic amines is 1. The summed E-state index contributed by atoms with van der Waals surface area (Å²) in [7, 11) is 1.70. The van der Waals surface area contributed by atoms with Gasteiger partial charge in [0, 0.05) is 43.0 Å². The van der Waals surface area contributed by atoms with Gasteiger partial charge in [-0.05, 0) is 43.7 Å². The van der Waals surface area contributed by atoms with Gasteiger partial charge in [0.25, 0.3) is 5.56 Å². The molecule has 1 saturated heterocycles. The Hall–Kier alpha value is -2.93. The average molecular weight is 379 g/mol. The molecule has 1 aliphatic heterocycles. The molecule has 7 nitrogen and oxygen atoms in total. The number of nitrogens with zero attached hydrogens (tertiary/aromatic N) is 4. The van der Waals surface area contributed by atoms with Gasteiger partial charge < -0.3 is 9.72 Å². The molecule has 1 atom stereocenters. The predicted molar refractivity (Wildman–Crippen MR) is 107 cm³/mol. The first kappa shape index (κ1) is 18.4. The number of H-pyrrole nitrogens is 1. The number of ether oxygens (including phenoxy) is 1. The van der Waals surface area contributed by atoms with E-state index in [4.69, 9.17) is 4.74 Å². The fourth-order valence-electron chi connectivity index (χ4n) is 3.91. The lowest BCUT2D eigenvalue weighted by Gasteiger charge is -2.18. The van der Waals surface area contributed by atoms with Crippen LogP contribution in [0.15, 0.2) is 47.5 Å². The number of rotatable bonds is 6. The third-order valence-corrected chi connectivity index (χ3v) is 5.21. The number of aromatic nitrogens is 4. The molecule has 7 heteroatoms. The number of hydrogen-bond donors (Lipinski definition) is 1. The molecule has 3 aromatic rings. The summed E-state index contributed by atoms with van der Waals surface area (Å²) in [6.45, 7) is 5.29. The van der Waals surface area contributed by atoms with Crippen molar-refractivity contribution < 1.29 is 4.74 Å². The topological polar surface area (TPSA) is 76.0 Å². The average Bonchev–Trinajstić information content (AvgIpc) is 3.33. The van der Waals surface area contributed by atoms with Gasteiger partial charge in [-0.1, -0.05) is 6.07 Å². The summed E-state index contributed by atoms with van der Waals surface area (Å²) in [4.78, 5) is 21.4. The maximum absolute atomic E-state index is 11.7. The van der Waals surface area contributed by atoms with Crippen molar-refractivity contribution in [3.05, 3.63) is 75.7 Å². The Morgan fingerprint density at radius 1 is 1.29 bits per heavy atom. The first-order chi connectivity index (χ1) is 13.6. The lowest BCUT2D eigenvalue weighted by atomic mass is 10.0. The van der Waals surface area contributed by atoms with Crippen molar-refractivity contribution >= 4 is 0 Å². The Labute approximate surface area is 164 Å². The van der Waals surface area contributed by atoms with Crippen LogP contribution in [-0.4, -0.2) is 44.8 Å². The summed E-state index contributed by atoms with van der Waals surface area (Å²) < 4.78 is 7.42. The molecule has 0 aliphatic carbocycles. The Bertz CT molecular complexity index is 996. The Morgan fingerprint density at radius 3 is 2.93 bits per heavy atom. The number of benzene rings is 1. The predicted octanol–water partition coefficient (Wildman–Crippen LogP) is 2.32. The zero-order chi connectivity index (χ0) is 19.5. The molecule has 1 fully saturated rings. The first-order valence-corrected chi connectivity index (χ1v) is 9.54. The van der Waals surface area contributed by atoms with E-state index in [2.05, 4.69) is 32.1 Å². The molecule has 0 saturated carbocycles. The Morgan fingerprint density at radius 2 is 2.18 bits per heavy atom. The number of methoxy groups -OCH3 is 1. The highest BCUT2D eigenvalue weighted by Crippen LogP contribution is 2.28. The van der Waals surface area contributed by atoms with Crippen LogP contribution >= 0.6 is 0 Å². The zero-order valence-electron chi connectivity index (χ0n) is 16.3. The van der Waals surface area contributed by atoms with Crippen LogP contribution in [0.2, 0.25) is 0 Å². The molecule has 0 amide bonds. The van der Waals surface area contributed by atoms with Gasteiger partial charge in [0.15, 0.2) is 0 Å². The molecule has 146 valence electrons. The maximum Gasteiger partial charge on any atom is 0.251 e. The highest BCUT2D eigenvalue weighted by molar-refractivity contribution is 5.37. The van der Waals surface area contributed by atoms with Crippen molar-refractivity contribution in [2.24, 2.45) is 0 Å².